The van der Waals surface area contributed by atoms with Crippen molar-refractivity contribution in [2.24, 2.45) is 0 Å². The number of aromatic nitrogens is 2. The van der Waals surface area contributed by atoms with Gasteiger partial charge in [0.05, 0.1) is 11.7 Å². The molecule has 0 radical (unpaired) electrons. The van der Waals surface area contributed by atoms with Crippen molar-refractivity contribution in [3.05, 3.63) is 18.2 Å². The summed E-state index contributed by atoms with van der Waals surface area (Å²) in [4.78, 5) is 11.0. The Balaban J connectivity index is 2.30. The molecule has 0 bridgehead atoms. The number of carbonyl (C=O) groups excluding carboxylic acids is 1. The Morgan fingerprint density at radius 1 is 1.43 bits per heavy atom. The molecular formula is C8H6ClN3OS. The van der Waals surface area contributed by atoms with Gasteiger partial charge in [-0.3, -0.25) is 4.79 Å². The van der Waals surface area contributed by atoms with Crippen LogP contribution < -0.4 is 5.32 Å². The van der Waals surface area contributed by atoms with E-state index in [4.69, 9.17) is 11.6 Å². The lowest BCUT2D eigenvalue weighted by Crippen LogP contribution is -2.12. The summed E-state index contributed by atoms with van der Waals surface area (Å²) in [5, 5.41) is 2.64. The highest BCUT2D eigenvalue weighted by molar-refractivity contribution is 7.00. The van der Waals surface area contributed by atoms with E-state index in [2.05, 4.69) is 14.1 Å². The summed E-state index contributed by atoms with van der Waals surface area (Å²) in [7, 11) is 0. The predicted octanol–water partition coefficient (Wildman–Crippen LogP) is 1.87. The molecule has 0 aliphatic heterocycles. The molecule has 1 amide bonds. The van der Waals surface area contributed by atoms with Crippen LogP contribution in [0, 0.1) is 0 Å². The molecule has 14 heavy (non-hydrogen) atoms. The molecule has 1 aromatic heterocycles. The van der Waals surface area contributed by atoms with E-state index < -0.39 is 0 Å². The Morgan fingerprint density at radius 3 is 3.00 bits per heavy atom. The SMILES string of the molecule is O=C(CCl)Nc1ccc2nsnc2c1. The summed E-state index contributed by atoms with van der Waals surface area (Å²) in [5.74, 6) is -0.276. The minimum Gasteiger partial charge on any atom is -0.325 e. The molecule has 6 heteroatoms. The van der Waals surface area contributed by atoms with Crippen molar-refractivity contribution in [2.75, 3.05) is 11.2 Å². The number of benzene rings is 1. The quantitative estimate of drug-likeness (QED) is 0.797. The van der Waals surface area contributed by atoms with Crippen LogP contribution in [0.1, 0.15) is 0 Å². The minimum absolute atomic E-state index is 0.0483. The summed E-state index contributed by atoms with van der Waals surface area (Å²) in [6, 6.07) is 5.35. The number of carbonyl (C=O) groups is 1. The van der Waals surface area contributed by atoms with Crippen LogP contribution in [0.2, 0.25) is 0 Å². The van der Waals surface area contributed by atoms with E-state index in [-0.39, 0.29) is 11.8 Å². The van der Waals surface area contributed by atoms with Crippen molar-refractivity contribution < 1.29 is 4.79 Å². The molecule has 0 spiro atoms. The standard InChI is InChI=1S/C8H6ClN3OS/c9-4-8(13)10-5-1-2-6-7(3-5)12-14-11-6/h1-3H,4H2,(H,10,13). The number of anilines is 1. The van der Waals surface area contributed by atoms with Gasteiger partial charge in [0.1, 0.15) is 16.9 Å². The first kappa shape index (κ1) is 9.36. The van der Waals surface area contributed by atoms with Crippen molar-refractivity contribution in [1.29, 1.82) is 0 Å². The zero-order valence-corrected chi connectivity index (χ0v) is 8.60. The Bertz CT molecular complexity index is 470. The Labute approximate surface area is 89.2 Å². The van der Waals surface area contributed by atoms with Crippen molar-refractivity contribution in [2.45, 2.75) is 0 Å². The highest BCUT2D eigenvalue weighted by atomic mass is 35.5. The lowest BCUT2D eigenvalue weighted by Gasteiger charge is -2.01. The second-order valence-corrected chi connectivity index (χ2v) is 3.45. The zero-order chi connectivity index (χ0) is 9.97. The number of nitrogens with one attached hydrogen (secondary N) is 1. The smallest absolute Gasteiger partial charge is 0.239 e. The fourth-order valence-electron chi connectivity index (χ4n) is 1.05. The Kier molecular flexibility index (Phi) is 2.60. The summed E-state index contributed by atoms with van der Waals surface area (Å²) in [6.07, 6.45) is 0. The number of hydrogen-bond acceptors (Lipinski definition) is 4. The van der Waals surface area contributed by atoms with Crippen LogP contribution in [0.4, 0.5) is 5.69 Å². The van der Waals surface area contributed by atoms with E-state index in [1.165, 1.54) is 0 Å². The summed E-state index contributed by atoms with van der Waals surface area (Å²) >= 11 is 6.51. The van der Waals surface area contributed by atoms with Gasteiger partial charge in [-0.25, -0.2) is 0 Å². The molecule has 2 rings (SSSR count). The maximum Gasteiger partial charge on any atom is 0.239 e. The van der Waals surface area contributed by atoms with Gasteiger partial charge in [-0.2, -0.15) is 8.75 Å². The van der Waals surface area contributed by atoms with Crippen LogP contribution in [0.15, 0.2) is 18.2 Å². The van der Waals surface area contributed by atoms with Gasteiger partial charge >= 0.3 is 0 Å². The number of nitrogens with zero attached hydrogens (tertiary/aromatic N) is 2. The summed E-state index contributed by atoms with van der Waals surface area (Å²) in [5.41, 5.74) is 2.30. The number of hydrogen-bond donors (Lipinski definition) is 1. The third kappa shape index (κ3) is 1.83. The Morgan fingerprint density at radius 2 is 2.21 bits per heavy atom. The highest BCUT2D eigenvalue weighted by Gasteiger charge is 2.02. The van der Waals surface area contributed by atoms with Crippen molar-refractivity contribution in [3.8, 4) is 0 Å². The van der Waals surface area contributed by atoms with E-state index in [1.54, 1.807) is 12.1 Å². The van der Waals surface area contributed by atoms with Gasteiger partial charge in [0.2, 0.25) is 5.91 Å². The number of amides is 1. The van der Waals surface area contributed by atoms with Crippen molar-refractivity contribution in [3.63, 3.8) is 0 Å². The number of fused-ring (bicyclic) bond motifs is 1. The van der Waals surface area contributed by atoms with Crippen LogP contribution in [0.5, 0.6) is 0 Å². The minimum atomic E-state index is -0.228. The van der Waals surface area contributed by atoms with Crippen LogP contribution in [0.3, 0.4) is 0 Å². The summed E-state index contributed by atoms with van der Waals surface area (Å²) in [6.45, 7) is 0. The van der Waals surface area contributed by atoms with Gasteiger partial charge < -0.3 is 5.32 Å². The average Bonchev–Trinajstić information content (AvgIpc) is 2.64. The first-order valence-electron chi connectivity index (χ1n) is 3.88. The monoisotopic (exact) mass is 227 g/mol. The van der Waals surface area contributed by atoms with Crippen LogP contribution in [-0.4, -0.2) is 20.5 Å². The van der Waals surface area contributed by atoms with E-state index in [9.17, 15) is 4.79 Å². The zero-order valence-electron chi connectivity index (χ0n) is 7.03. The molecule has 0 saturated heterocycles. The molecule has 0 aliphatic carbocycles. The van der Waals surface area contributed by atoms with E-state index >= 15 is 0 Å². The van der Waals surface area contributed by atoms with Gasteiger partial charge in [-0.1, -0.05) is 0 Å². The average molecular weight is 228 g/mol. The summed E-state index contributed by atoms with van der Waals surface area (Å²) < 4.78 is 8.11. The maximum atomic E-state index is 11.0. The first-order valence-corrected chi connectivity index (χ1v) is 5.14. The third-order valence-corrected chi connectivity index (χ3v) is 2.46. The largest absolute Gasteiger partial charge is 0.325 e. The first-order chi connectivity index (χ1) is 6.79. The van der Waals surface area contributed by atoms with Crippen LogP contribution in [0.25, 0.3) is 11.0 Å². The van der Waals surface area contributed by atoms with Gasteiger partial charge in [-0.05, 0) is 18.2 Å². The van der Waals surface area contributed by atoms with Gasteiger partial charge in [0, 0.05) is 5.69 Å². The van der Waals surface area contributed by atoms with E-state index in [1.807, 2.05) is 6.07 Å². The lowest BCUT2D eigenvalue weighted by atomic mass is 10.3. The molecule has 4 nitrogen and oxygen atoms in total. The van der Waals surface area contributed by atoms with Gasteiger partial charge in [0.15, 0.2) is 0 Å². The molecule has 0 saturated carbocycles. The molecule has 0 unspecified atom stereocenters. The van der Waals surface area contributed by atoms with Gasteiger partial charge in [-0.15, -0.1) is 11.6 Å². The predicted molar refractivity (Wildman–Crippen MR) is 56.8 cm³/mol. The number of halogens is 1. The van der Waals surface area contributed by atoms with Crippen LogP contribution >= 0.6 is 23.3 Å². The molecular weight excluding hydrogens is 222 g/mol. The number of alkyl halides is 1. The lowest BCUT2D eigenvalue weighted by molar-refractivity contribution is -0.113. The van der Waals surface area contributed by atoms with Crippen molar-refractivity contribution in [1.82, 2.24) is 8.75 Å². The van der Waals surface area contributed by atoms with Crippen molar-refractivity contribution >= 4 is 46.0 Å². The van der Waals surface area contributed by atoms with Gasteiger partial charge in [0.25, 0.3) is 0 Å². The second kappa shape index (κ2) is 3.89. The van der Waals surface area contributed by atoms with E-state index in [0.29, 0.717) is 5.69 Å². The highest BCUT2D eigenvalue weighted by Crippen LogP contribution is 2.16. The normalized spacial score (nSPS) is 10.4. The topological polar surface area (TPSA) is 54.9 Å². The van der Waals surface area contributed by atoms with Crippen LogP contribution in [-0.2, 0) is 4.79 Å². The third-order valence-electron chi connectivity index (χ3n) is 1.66. The molecule has 72 valence electrons. The molecule has 0 fully saturated rings. The molecule has 2 aromatic rings. The number of rotatable bonds is 2. The fourth-order valence-corrected chi connectivity index (χ4v) is 1.64. The molecule has 1 N–H and O–H groups in total. The molecule has 1 heterocycles. The molecule has 0 aliphatic rings. The van der Waals surface area contributed by atoms with E-state index in [0.717, 1.165) is 22.8 Å². The Hall–Kier alpha value is -1.20. The molecule has 1 aromatic carbocycles. The fraction of sp³-hybridized carbons (Fsp3) is 0.125. The second-order valence-electron chi connectivity index (χ2n) is 2.65. The maximum absolute atomic E-state index is 11.0. The molecule has 0 atom stereocenters.